The minimum atomic E-state index is -5.00. The molecule has 0 saturated carbocycles. The molecule has 0 bridgehead atoms. The molecule has 0 saturated heterocycles. The van der Waals surface area contributed by atoms with Crippen molar-refractivity contribution < 1.29 is 80.2 Å². The van der Waals surface area contributed by atoms with Crippen LogP contribution in [0.25, 0.3) is 0 Å². The van der Waals surface area contributed by atoms with E-state index < -0.39 is 97.5 Å². The largest absolute Gasteiger partial charge is 0.472 e. The maximum absolute atomic E-state index is 13.1. The Hall–Kier alpha value is -4.54. The highest BCUT2D eigenvalue weighted by Crippen LogP contribution is 2.45. The monoisotopic (exact) mass is 1470 g/mol. The normalized spacial score (nSPS) is 14.5. The zero-order valence-corrected chi connectivity index (χ0v) is 65.8. The summed E-state index contributed by atoms with van der Waals surface area (Å²) in [6.07, 6.45) is 81.9. The number of rotatable bonds is 74. The average Bonchev–Trinajstić information content (AvgIpc) is 0.924. The third-order valence-corrected chi connectivity index (χ3v) is 18.3. The second kappa shape index (κ2) is 74.7. The van der Waals surface area contributed by atoms with E-state index in [1.165, 1.54) is 83.5 Å². The second-order valence-corrected chi connectivity index (χ2v) is 29.2. The fourth-order valence-corrected chi connectivity index (χ4v) is 11.9. The van der Waals surface area contributed by atoms with Crippen LogP contribution in [-0.2, 0) is 65.4 Å². The van der Waals surface area contributed by atoms with Crippen LogP contribution in [0.3, 0.4) is 0 Å². The standard InChI is InChI=1S/C83H142O17P2/c1-5-9-13-17-21-25-29-33-36-37-38-39-42-45-48-52-56-60-64-68-81(86)94-74-79(100-83(88)70-66-62-58-54-50-46-41-35-31-27-23-19-15-11-7-3)76-98-102(91,92)96-72-77(84)71-95-101(89,90)97-75-78(99-82(87)69-65-61-57-53-49-43-32-28-24-20-16-12-8-4)73-93-80(85)67-63-59-55-51-47-44-40-34-30-26-22-18-14-10-6-2/h9,13,21,23,25,27-28,32-36,38-41,45,48,56,60,77-79,84H,5-8,10-12,14-20,22,24,26,29-31,37,42-44,46-47,49-55,57-59,61-76H2,1-4H3,(H,89,90)(H,91,92)/b13-9-,25-21-,27-23-,32-28-,36-33-,39-38-,40-34-,41-35-,48-45-,60-56-. The van der Waals surface area contributed by atoms with Gasteiger partial charge >= 0.3 is 39.5 Å². The molecular weight excluding hydrogens is 1330 g/mol. The number of hydrogen-bond acceptors (Lipinski definition) is 15. The van der Waals surface area contributed by atoms with Gasteiger partial charge in [0.05, 0.1) is 26.4 Å². The molecule has 17 nitrogen and oxygen atoms in total. The average molecular weight is 1470 g/mol. The van der Waals surface area contributed by atoms with Gasteiger partial charge in [-0.05, 0) is 148 Å². The molecule has 0 aliphatic heterocycles. The second-order valence-electron chi connectivity index (χ2n) is 26.3. The van der Waals surface area contributed by atoms with Crippen molar-refractivity contribution >= 4 is 39.5 Å². The van der Waals surface area contributed by atoms with Crippen molar-refractivity contribution in [3.8, 4) is 0 Å². The van der Waals surface area contributed by atoms with Crippen LogP contribution in [0.5, 0.6) is 0 Å². The van der Waals surface area contributed by atoms with Crippen molar-refractivity contribution in [2.45, 2.75) is 341 Å². The molecule has 0 aromatic heterocycles. The van der Waals surface area contributed by atoms with E-state index in [-0.39, 0.29) is 25.7 Å². The summed E-state index contributed by atoms with van der Waals surface area (Å²) >= 11 is 0. The van der Waals surface area contributed by atoms with Crippen LogP contribution in [0.4, 0.5) is 0 Å². The number of phosphoric ester groups is 2. The van der Waals surface area contributed by atoms with Crippen molar-refractivity contribution in [2.75, 3.05) is 39.6 Å². The van der Waals surface area contributed by atoms with Gasteiger partial charge in [0.25, 0.3) is 0 Å². The van der Waals surface area contributed by atoms with Crippen molar-refractivity contribution in [2.24, 2.45) is 0 Å². The highest BCUT2D eigenvalue weighted by Gasteiger charge is 2.30. The lowest BCUT2D eigenvalue weighted by atomic mass is 10.1. The van der Waals surface area contributed by atoms with E-state index in [9.17, 15) is 43.2 Å². The van der Waals surface area contributed by atoms with Gasteiger partial charge in [-0.2, -0.15) is 0 Å². The molecule has 5 atom stereocenters. The van der Waals surface area contributed by atoms with Crippen LogP contribution in [-0.4, -0.2) is 96.7 Å². The maximum atomic E-state index is 13.1. The molecule has 0 spiro atoms. The summed E-state index contributed by atoms with van der Waals surface area (Å²) in [5.41, 5.74) is 0. The molecule has 0 radical (unpaired) electrons. The predicted molar refractivity (Wildman–Crippen MR) is 418 cm³/mol. The predicted octanol–water partition coefficient (Wildman–Crippen LogP) is 23.1. The number of allylic oxidation sites excluding steroid dienone is 20. The summed E-state index contributed by atoms with van der Waals surface area (Å²) in [7, 11) is -9.98. The van der Waals surface area contributed by atoms with E-state index in [4.69, 9.17) is 37.0 Å². The van der Waals surface area contributed by atoms with Crippen molar-refractivity contribution in [1.29, 1.82) is 0 Å². The summed E-state index contributed by atoms with van der Waals surface area (Å²) in [4.78, 5) is 72.9. The lowest BCUT2D eigenvalue weighted by Gasteiger charge is -2.21. The molecule has 0 aromatic rings. The summed E-state index contributed by atoms with van der Waals surface area (Å²) in [5.74, 6) is -2.30. The summed E-state index contributed by atoms with van der Waals surface area (Å²) in [6.45, 7) is 4.61. The van der Waals surface area contributed by atoms with Crippen LogP contribution in [0.1, 0.15) is 323 Å². The van der Waals surface area contributed by atoms with Gasteiger partial charge in [0.2, 0.25) is 0 Å². The number of hydrogen-bond donors (Lipinski definition) is 3. The molecule has 0 aromatic carbocycles. The number of carbonyl (C=O) groups excluding carboxylic acids is 4. The molecule has 0 fully saturated rings. The third-order valence-electron chi connectivity index (χ3n) is 16.4. The minimum Gasteiger partial charge on any atom is -0.462 e. The molecule has 0 aliphatic carbocycles. The summed E-state index contributed by atoms with van der Waals surface area (Å²) in [6, 6.07) is 0. The topological polar surface area (TPSA) is 237 Å². The highest BCUT2D eigenvalue weighted by molar-refractivity contribution is 7.47. The van der Waals surface area contributed by atoms with Gasteiger partial charge < -0.3 is 33.8 Å². The first-order valence-electron chi connectivity index (χ1n) is 39.8. The molecule has 0 rings (SSSR count). The van der Waals surface area contributed by atoms with Gasteiger partial charge in [-0.3, -0.25) is 37.3 Å². The summed E-state index contributed by atoms with van der Waals surface area (Å²) < 4.78 is 68.5. The van der Waals surface area contributed by atoms with Gasteiger partial charge in [0.15, 0.2) is 12.2 Å². The first-order valence-corrected chi connectivity index (χ1v) is 42.8. The molecule has 102 heavy (non-hydrogen) atoms. The minimum absolute atomic E-state index is 0.0309. The first kappa shape index (κ1) is 97.5. The van der Waals surface area contributed by atoms with Crippen LogP contribution in [0, 0.1) is 0 Å². The van der Waals surface area contributed by atoms with E-state index in [2.05, 4.69) is 131 Å². The number of phosphoric acid groups is 2. The van der Waals surface area contributed by atoms with Gasteiger partial charge in [-0.25, -0.2) is 9.13 Å². The fourth-order valence-electron chi connectivity index (χ4n) is 10.3. The van der Waals surface area contributed by atoms with Crippen molar-refractivity contribution in [3.05, 3.63) is 122 Å². The zero-order chi connectivity index (χ0) is 74.6. The Bertz CT molecular complexity index is 2410. The molecule has 5 unspecified atom stereocenters. The Morgan fingerprint density at radius 1 is 0.284 bits per heavy atom. The molecule has 0 amide bonds. The van der Waals surface area contributed by atoms with E-state index in [0.29, 0.717) is 32.1 Å². The molecule has 19 heteroatoms. The van der Waals surface area contributed by atoms with Crippen molar-refractivity contribution in [3.63, 3.8) is 0 Å². The first-order chi connectivity index (χ1) is 49.7. The Balaban J connectivity index is 5.43. The fraction of sp³-hybridized carbons (Fsp3) is 0.711. The quantitative estimate of drug-likeness (QED) is 0.0169. The highest BCUT2D eigenvalue weighted by atomic mass is 31.2. The van der Waals surface area contributed by atoms with Gasteiger partial charge in [0, 0.05) is 25.7 Å². The molecule has 0 aliphatic rings. The van der Waals surface area contributed by atoms with E-state index in [1.807, 2.05) is 18.2 Å². The Morgan fingerprint density at radius 2 is 0.529 bits per heavy atom. The molecule has 3 N–H and O–H groups in total. The Kier molecular flexibility index (Phi) is 71.4. The summed E-state index contributed by atoms with van der Waals surface area (Å²) in [5, 5.41) is 10.6. The zero-order valence-electron chi connectivity index (χ0n) is 64.0. The van der Waals surface area contributed by atoms with E-state index >= 15 is 0 Å². The van der Waals surface area contributed by atoms with Gasteiger partial charge in [-0.1, -0.05) is 271 Å². The van der Waals surface area contributed by atoms with Crippen LogP contribution in [0.2, 0.25) is 0 Å². The smallest absolute Gasteiger partial charge is 0.462 e. The number of ether oxygens (including phenoxy) is 4. The Morgan fingerprint density at radius 3 is 0.882 bits per heavy atom. The number of carbonyl (C=O) groups is 4. The van der Waals surface area contributed by atoms with Crippen LogP contribution < -0.4 is 0 Å². The van der Waals surface area contributed by atoms with Gasteiger partial charge in [-0.15, -0.1) is 0 Å². The van der Waals surface area contributed by atoms with E-state index in [0.717, 1.165) is 154 Å². The van der Waals surface area contributed by atoms with Crippen LogP contribution >= 0.6 is 15.6 Å². The molecule has 0 heterocycles. The molecule has 586 valence electrons. The number of aliphatic hydroxyl groups excluding tert-OH is 1. The van der Waals surface area contributed by atoms with E-state index in [1.54, 1.807) is 0 Å². The number of unbranched alkanes of at least 4 members (excludes halogenated alkanes) is 28. The Labute approximate surface area is 619 Å². The maximum Gasteiger partial charge on any atom is 0.472 e. The lowest BCUT2D eigenvalue weighted by molar-refractivity contribution is -0.161. The number of esters is 4. The van der Waals surface area contributed by atoms with Crippen LogP contribution in [0.15, 0.2) is 122 Å². The molecular formula is C83H142O17P2. The number of aliphatic hydroxyl groups is 1. The SMILES string of the molecule is CC/C=C\C/C=C\C/C=C\C/C=C\C/C=C\C/C=C\CCC(=O)OCC(COP(=O)(O)OCC(O)COP(=O)(O)OCC(COC(=O)CCCCCCC/C=C\CCCCCCCC)OC(=O)CCCCCCC/C=C\CCCCCC)OC(=O)CCCCCCC/C=C\C/C=C\CCCCC. The van der Waals surface area contributed by atoms with Gasteiger partial charge in [0.1, 0.15) is 19.3 Å². The van der Waals surface area contributed by atoms with Crippen molar-refractivity contribution in [1.82, 2.24) is 0 Å². The third kappa shape index (κ3) is 73.8. The lowest BCUT2D eigenvalue weighted by Crippen LogP contribution is -2.30.